The summed E-state index contributed by atoms with van der Waals surface area (Å²) in [4.78, 5) is 22.3. The van der Waals surface area contributed by atoms with Gasteiger partial charge in [-0.05, 0) is 45.2 Å². The topological polar surface area (TPSA) is 72.2 Å². The Morgan fingerprint density at radius 3 is 2.76 bits per heavy atom. The molecule has 0 radical (unpaired) electrons. The maximum atomic E-state index is 12.5. The molecule has 130 valence electrons. The Balaban J connectivity index is 1.74. The molecule has 2 aromatic heterocycles. The van der Waals surface area contributed by atoms with Crippen molar-refractivity contribution in [2.24, 2.45) is 0 Å². The molecule has 0 aliphatic carbocycles. The van der Waals surface area contributed by atoms with Crippen LogP contribution in [-0.4, -0.2) is 37.0 Å². The maximum Gasteiger partial charge on any atom is 0.253 e. The first-order valence-corrected chi connectivity index (χ1v) is 9.90. The number of carbonyl (C=O) groups is 1. The number of carbonyl (C=O) groups excluding carboxylic acids is 1. The summed E-state index contributed by atoms with van der Waals surface area (Å²) in [6.07, 6.45) is 1.99. The zero-order valence-corrected chi connectivity index (χ0v) is 16.1. The van der Waals surface area contributed by atoms with Crippen LogP contribution in [-0.2, 0) is 4.79 Å². The van der Waals surface area contributed by atoms with Crippen molar-refractivity contribution in [3.05, 3.63) is 41.7 Å². The van der Waals surface area contributed by atoms with Crippen molar-refractivity contribution in [3.8, 4) is 0 Å². The van der Waals surface area contributed by atoms with Crippen molar-refractivity contribution in [1.29, 1.82) is 0 Å². The van der Waals surface area contributed by atoms with E-state index in [0.29, 0.717) is 10.9 Å². The van der Waals surface area contributed by atoms with Gasteiger partial charge in [-0.1, -0.05) is 23.9 Å². The summed E-state index contributed by atoms with van der Waals surface area (Å²) >= 11 is 2.92. The molecular formula is C17H19N5OS2. The van der Waals surface area contributed by atoms with Gasteiger partial charge in [-0.2, -0.15) is 4.98 Å². The quantitative estimate of drug-likeness (QED) is 0.689. The lowest BCUT2D eigenvalue weighted by atomic mass is 10.3. The van der Waals surface area contributed by atoms with E-state index in [2.05, 4.69) is 20.4 Å². The van der Waals surface area contributed by atoms with Crippen LogP contribution < -0.4 is 5.32 Å². The SMILES string of the molecule is CSc1ccccc1NC(=O)C(C)Sc1nc2nc(C)cc(C)n2n1. The van der Waals surface area contributed by atoms with Crippen molar-refractivity contribution >= 4 is 40.9 Å². The molecule has 0 aliphatic rings. The third-order valence-corrected chi connectivity index (χ3v) is 5.36. The number of amides is 1. The minimum atomic E-state index is -0.325. The fourth-order valence-corrected chi connectivity index (χ4v) is 3.69. The number of para-hydroxylation sites is 1. The lowest BCUT2D eigenvalue weighted by molar-refractivity contribution is -0.115. The second-order valence-corrected chi connectivity index (χ2v) is 7.75. The first kappa shape index (κ1) is 17.8. The number of rotatable bonds is 5. The largest absolute Gasteiger partial charge is 0.324 e. The second kappa shape index (κ2) is 7.45. The summed E-state index contributed by atoms with van der Waals surface area (Å²) in [7, 11) is 0. The number of benzene rings is 1. The molecule has 0 saturated carbocycles. The van der Waals surface area contributed by atoms with Gasteiger partial charge >= 0.3 is 0 Å². The molecule has 3 rings (SSSR count). The van der Waals surface area contributed by atoms with Gasteiger partial charge in [0.15, 0.2) is 0 Å². The van der Waals surface area contributed by atoms with Gasteiger partial charge in [0, 0.05) is 16.3 Å². The Bertz CT molecular complexity index is 925. The molecule has 0 fully saturated rings. The van der Waals surface area contributed by atoms with Crippen molar-refractivity contribution in [2.75, 3.05) is 11.6 Å². The highest BCUT2D eigenvalue weighted by Gasteiger charge is 2.19. The molecule has 3 aromatic rings. The molecule has 0 aliphatic heterocycles. The third kappa shape index (κ3) is 3.96. The van der Waals surface area contributed by atoms with Gasteiger partial charge in [0.1, 0.15) is 0 Å². The Morgan fingerprint density at radius 2 is 2.00 bits per heavy atom. The Hall–Kier alpha value is -2.06. The molecule has 25 heavy (non-hydrogen) atoms. The van der Waals surface area contributed by atoms with Crippen molar-refractivity contribution in [1.82, 2.24) is 19.6 Å². The third-order valence-electron chi connectivity index (χ3n) is 3.62. The van der Waals surface area contributed by atoms with Crippen LogP contribution >= 0.6 is 23.5 Å². The van der Waals surface area contributed by atoms with E-state index < -0.39 is 0 Å². The van der Waals surface area contributed by atoms with Crippen LogP contribution in [0.25, 0.3) is 5.78 Å². The Kier molecular flexibility index (Phi) is 5.29. The summed E-state index contributed by atoms with van der Waals surface area (Å²) in [5.41, 5.74) is 2.69. The molecule has 8 heteroatoms. The number of aryl methyl sites for hydroxylation is 2. The van der Waals surface area contributed by atoms with E-state index in [0.717, 1.165) is 22.0 Å². The smallest absolute Gasteiger partial charge is 0.253 e. The lowest BCUT2D eigenvalue weighted by Crippen LogP contribution is -2.22. The van der Waals surface area contributed by atoms with Crippen molar-refractivity contribution in [2.45, 2.75) is 36.1 Å². The van der Waals surface area contributed by atoms with Gasteiger partial charge in [0.2, 0.25) is 11.1 Å². The van der Waals surface area contributed by atoms with Gasteiger partial charge in [0.05, 0.1) is 10.9 Å². The first-order chi connectivity index (χ1) is 12.0. The zero-order valence-electron chi connectivity index (χ0n) is 14.5. The van der Waals surface area contributed by atoms with Crippen LogP contribution in [0.2, 0.25) is 0 Å². The molecule has 1 amide bonds. The van der Waals surface area contributed by atoms with Crippen LogP contribution in [0, 0.1) is 13.8 Å². The van der Waals surface area contributed by atoms with E-state index in [1.165, 1.54) is 11.8 Å². The normalized spacial score (nSPS) is 12.3. The van der Waals surface area contributed by atoms with Crippen LogP contribution in [0.15, 0.2) is 40.4 Å². The maximum absolute atomic E-state index is 12.5. The van der Waals surface area contributed by atoms with Crippen LogP contribution in [0.1, 0.15) is 18.3 Å². The lowest BCUT2D eigenvalue weighted by Gasteiger charge is -2.12. The number of nitrogens with zero attached hydrogens (tertiary/aromatic N) is 4. The summed E-state index contributed by atoms with van der Waals surface area (Å²) in [6.45, 7) is 5.73. The molecule has 0 bridgehead atoms. The number of aromatic nitrogens is 4. The minimum Gasteiger partial charge on any atom is -0.324 e. The number of hydrogen-bond acceptors (Lipinski definition) is 6. The highest BCUT2D eigenvalue weighted by Crippen LogP contribution is 2.27. The minimum absolute atomic E-state index is 0.0776. The number of thioether (sulfide) groups is 2. The molecule has 1 atom stereocenters. The van der Waals surface area contributed by atoms with Crippen molar-refractivity contribution in [3.63, 3.8) is 0 Å². The predicted molar refractivity (Wildman–Crippen MR) is 102 cm³/mol. The zero-order chi connectivity index (χ0) is 18.0. The number of anilines is 1. The number of hydrogen-bond donors (Lipinski definition) is 1. The van der Waals surface area contributed by atoms with E-state index >= 15 is 0 Å². The van der Waals surface area contributed by atoms with Gasteiger partial charge in [-0.15, -0.1) is 16.9 Å². The highest BCUT2D eigenvalue weighted by atomic mass is 32.2. The van der Waals surface area contributed by atoms with Gasteiger partial charge in [-0.25, -0.2) is 9.50 Å². The van der Waals surface area contributed by atoms with Gasteiger partial charge in [-0.3, -0.25) is 4.79 Å². The first-order valence-electron chi connectivity index (χ1n) is 7.79. The summed E-state index contributed by atoms with van der Waals surface area (Å²) < 4.78 is 1.70. The molecule has 0 spiro atoms. The summed E-state index contributed by atoms with van der Waals surface area (Å²) in [5.74, 6) is 0.478. The summed E-state index contributed by atoms with van der Waals surface area (Å²) in [6, 6.07) is 9.70. The Labute approximate surface area is 154 Å². The van der Waals surface area contributed by atoms with Crippen LogP contribution in [0.5, 0.6) is 0 Å². The van der Waals surface area contributed by atoms with E-state index in [1.807, 2.05) is 57.4 Å². The van der Waals surface area contributed by atoms with E-state index in [-0.39, 0.29) is 11.2 Å². The fraction of sp³-hybridized carbons (Fsp3) is 0.294. The number of nitrogens with one attached hydrogen (secondary N) is 1. The molecule has 1 aromatic carbocycles. The predicted octanol–water partition coefficient (Wildman–Crippen LogP) is 3.58. The van der Waals surface area contributed by atoms with Crippen LogP contribution in [0.3, 0.4) is 0 Å². The van der Waals surface area contributed by atoms with E-state index in [4.69, 9.17) is 0 Å². The van der Waals surface area contributed by atoms with Gasteiger partial charge < -0.3 is 5.32 Å². The average molecular weight is 374 g/mol. The van der Waals surface area contributed by atoms with Crippen LogP contribution in [0.4, 0.5) is 5.69 Å². The fourth-order valence-electron chi connectivity index (χ4n) is 2.39. The molecule has 1 N–H and O–H groups in total. The summed E-state index contributed by atoms with van der Waals surface area (Å²) in [5, 5.41) is 7.63. The van der Waals surface area contributed by atoms with E-state index in [9.17, 15) is 4.79 Å². The number of fused-ring (bicyclic) bond motifs is 1. The van der Waals surface area contributed by atoms with E-state index in [1.54, 1.807) is 16.3 Å². The molecule has 2 heterocycles. The standard InChI is InChI=1S/C17H19N5OS2/c1-10-9-11(2)22-16(18-10)20-17(21-22)25-12(3)15(23)19-13-7-5-6-8-14(13)24-4/h5-9,12H,1-4H3,(H,19,23). The molecule has 0 saturated heterocycles. The average Bonchev–Trinajstić information content (AvgIpc) is 2.97. The highest BCUT2D eigenvalue weighted by molar-refractivity contribution is 8.00. The Morgan fingerprint density at radius 1 is 1.24 bits per heavy atom. The molecule has 6 nitrogen and oxygen atoms in total. The molecular weight excluding hydrogens is 354 g/mol. The van der Waals surface area contributed by atoms with Gasteiger partial charge in [0.25, 0.3) is 5.78 Å². The second-order valence-electron chi connectivity index (χ2n) is 5.59. The molecule has 1 unspecified atom stereocenters. The van der Waals surface area contributed by atoms with Crippen molar-refractivity contribution < 1.29 is 4.79 Å². The monoisotopic (exact) mass is 373 g/mol.